The van der Waals surface area contributed by atoms with Crippen LogP contribution in [0.3, 0.4) is 0 Å². The molecule has 4 aliphatic rings. The van der Waals surface area contributed by atoms with Crippen molar-refractivity contribution in [2.24, 2.45) is 22.7 Å². The van der Waals surface area contributed by atoms with Crippen molar-refractivity contribution in [3.05, 3.63) is 22.8 Å². The summed E-state index contributed by atoms with van der Waals surface area (Å²) in [5.74, 6) is -0.384. The lowest BCUT2D eigenvalue weighted by molar-refractivity contribution is -0.255. The molecule has 3 aliphatic carbocycles. The van der Waals surface area contributed by atoms with Crippen LogP contribution in [0, 0.1) is 22.7 Å². The molecule has 27 heavy (non-hydrogen) atoms. The van der Waals surface area contributed by atoms with Crippen molar-refractivity contribution in [2.75, 3.05) is 6.61 Å². The van der Waals surface area contributed by atoms with Crippen molar-refractivity contribution in [3.8, 4) is 0 Å². The highest BCUT2D eigenvalue weighted by molar-refractivity contribution is 6.03. The standard InChI is InChI=1S/C23H34O4/c1-13(2)18-20(25)19(24)16-11-15-14-12-26-21(3,4)27-17(14)7-8-22(15,5)9-10-23(16,18)6/h11,13,17-18,20,25H,7-10,12H2,1-6H3/t17-,18-,20+,22-,23-/m0/s1. The maximum Gasteiger partial charge on any atom is 0.188 e. The fourth-order valence-electron chi connectivity index (χ4n) is 6.22. The summed E-state index contributed by atoms with van der Waals surface area (Å²) in [7, 11) is 0. The van der Waals surface area contributed by atoms with Crippen molar-refractivity contribution >= 4 is 5.78 Å². The van der Waals surface area contributed by atoms with Crippen LogP contribution in [0.25, 0.3) is 0 Å². The molecule has 4 nitrogen and oxygen atoms in total. The third-order valence-electron chi connectivity index (χ3n) is 7.77. The Labute approximate surface area is 163 Å². The van der Waals surface area contributed by atoms with Crippen molar-refractivity contribution in [3.63, 3.8) is 0 Å². The molecule has 5 atom stereocenters. The van der Waals surface area contributed by atoms with Crippen LogP contribution in [0.15, 0.2) is 22.8 Å². The van der Waals surface area contributed by atoms with Crippen LogP contribution >= 0.6 is 0 Å². The topological polar surface area (TPSA) is 55.8 Å². The van der Waals surface area contributed by atoms with E-state index in [0.29, 0.717) is 6.61 Å². The van der Waals surface area contributed by atoms with Gasteiger partial charge < -0.3 is 14.6 Å². The molecule has 4 heteroatoms. The van der Waals surface area contributed by atoms with Gasteiger partial charge in [-0.3, -0.25) is 4.79 Å². The van der Waals surface area contributed by atoms with E-state index in [0.717, 1.165) is 31.3 Å². The predicted octanol–water partition coefficient (Wildman–Crippen LogP) is 4.18. The van der Waals surface area contributed by atoms with E-state index in [-0.39, 0.29) is 34.6 Å². The minimum Gasteiger partial charge on any atom is -0.385 e. The van der Waals surface area contributed by atoms with E-state index < -0.39 is 11.9 Å². The van der Waals surface area contributed by atoms with Crippen LogP contribution in [-0.2, 0) is 14.3 Å². The molecule has 0 bridgehead atoms. The van der Waals surface area contributed by atoms with Gasteiger partial charge in [0.25, 0.3) is 0 Å². The first-order valence-electron chi connectivity index (χ1n) is 10.5. The summed E-state index contributed by atoms with van der Waals surface area (Å²) in [5.41, 5.74) is 3.05. The lowest BCUT2D eigenvalue weighted by atomic mass is 9.65. The number of ketones is 1. The first kappa shape index (κ1) is 19.4. The van der Waals surface area contributed by atoms with Crippen molar-refractivity contribution < 1.29 is 19.4 Å². The van der Waals surface area contributed by atoms with E-state index in [2.05, 4.69) is 33.8 Å². The van der Waals surface area contributed by atoms with Crippen LogP contribution < -0.4 is 0 Å². The largest absolute Gasteiger partial charge is 0.385 e. The van der Waals surface area contributed by atoms with Crippen LogP contribution in [0.2, 0.25) is 0 Å². The first-order valence-corrected chi connectivity index (χ1v) is 10.5. The number of hydrogen-bond acceptors (Lipinski definition) is 4. The Hall–Kier alpha value is -0.970. The molecule has 0 spiro atoms. The second-order valence-corrected chi connectivity index (χ2v) is 10.4. The number of carbonyl (C=O) groups excluding carboxylic acids is 1. The van der Waals surface area contributed by atoms with E-state index in [4.69, 9.17) is 9.47 Å². The average molecular weight is 375 g/mol. The molecular weight excluding hydrogens is 340 g/mol. The molecule has 0 aromatic rings. The van der Waals surface area contributed by atoms with Crippen LogP contribution in [-0.4, -0.2) is 35.5 Å². The predicted molar refractivity (Wildman–Crippen MR) is 104 cm³/mol. The number of rotatable bonds is 1. The molecule has 4 rings (SSSR count). The van der Waals surface area contributed by atoms with E-state index in [1.54, 1.807) is 0 Å². The van der Waals surface area contributed by atoms with Gasteiger partial charge in [0.2, 0.25) is 0 Å². The minimum atomic E-state index is -0.881. The summed E-state index contributed by atoms with van der Waals surface area (Å²) in [5, 5.41) is 10.7. The fraction of sp³-hybridized carbons (Fsp3) is 0.783. The Kier molecular flexibility index (Phi) is 4.31. The Morgan fingerprint density at radius 1 is 1.15 bits per heavy atom. The Morgan fingerprint density at radius 2 is 1.85 bits per heavy atom. The molecular formula is C23H34O4. The summed E-state index contributed by atoms with van der Waals surface area (Å²) in [4.78, 5) is 13.1. The summed E-state index contributed by atoms with van der Waals surface area (Å²) in [6, 6.07) is 0. The Bertz CT molecular complexity index is 731. The van der Waals surface area contributed by atoms with Crippen molar-refractivity contribution in [1.29, 1.82) is 0 Å². The number of fused-ring (bicyclic) bond motifs is 3. The van der Waals surface area contributed by atoms with Crippen LogP contribution in [0.1, 0.15) is 67.2 Å². The minimum absolute atomic E-state index is 0.0146. The highest BCUT2D eigenvalue weighted by atomic mass is 16.7. The SMILES string of the molecule is CC(C)[C@H]1[C@@H](O)C(=O)C2=CC3=C4COC(C)(C)O[C@H]4CC[C@@]3(C)CC[C@@]21C. The van der Waals surface area contributed by atoms with Gasteiger partial charge in [-0.15, -0.1) is 0 Å². The zero-order valence-electron chi connectivity index (χ0n) is 17.6. The molecule has 1 saturated heterocycles. The van der Waals surface area contributed by atoms with Gasteiger partial charge in [0.15, 0.2) is 11.6 Å². The van der Waals surface area contributed by atoms with E-state index >= 15 is 0 Å². The highest BCUT2D eigenvalue weighted by Crippen LogP contribution is 2.59. The summed E-state index contributed by atoms with van der Waals surface area (Å²) < 4.78 is 12.2. The third-order valence-corrected chi connectivity index (χ3v) is 7.77. The zero-order chi connectivity index (χ0) is 19.8. The maximum absolute atomic E-state index is 13.1. The number of ether oxygens (including phenoxy) is 2. The molecule has 0 aromatic heterocycles. The molecule has 1 aliphatic heterocycles. The number of aliphatic hydroxyl groups is 1. The fourth-order valence-corrected chi connectivity index (χ4v) is 6.22. The Morgan fingerprint density at radius 3 is 2.52 bits per heavy atom. The second-order valence-electron chi connectivity index (χ2n) is 10.4. The van der Waals surface area contributed by atoms with Gasteiger partial charge in [-0.1, -0.05) is 33.8 Å². The lowest BCUT2D eigenvalue weighted by Crippen LogP contribution is -2.45. The molecule has 150 valence electrons. The van der Waals surface area contributed by atoms with E-state index in [1.165, 1.54) is 11.1 Å². The molecule has 0 radical (unpaired) electrons. The average Bonchev–Trinajstić information content (AvgIpc) is 2.68. The summed E-state index contributed by atoms with van der Waals surface area (Å²) >= 11 is 0. The maximum atomic E-state index is 13.1. The van der Waals surface area contributed by atoms with Crippen LogP contribution in [0.4, 0.5) is 0 Å². The van der Waals surface area contributed by atoms with Gasteiger partial charge in [-0.2, -0.15) is 0 Å². The molecule has 0 amide bonds. The third kappa shape index (κ3) is 2.79. The van der Waals surface area contributed by atoms with Gasteiger partial charge in [-0.25, -0.2) is 0 Å². The van der Waals surface area contributed by atoms with Crippen molar-refractivity contribution in [1.82, 2.24) is 0 Å². The Balaban J connectivity index is 1.85. The van der Waals surface area contributed by atoms with E-state index in [1.807, 2.05) is 13.8 Å². The molecule has 2 fully saturated rings. The molecule has 0 unspecified atom stereocenters. The summed E-state index contributed by atoms with van der Waals surface area (Å²) in [6.07, 6.45) is 5.36. The number of carbonyl (C=O) groups is 1. The summed E-state index contributed by atoms with van der Waals surface area (Å²) in [6.45, 7) is 13.3. The first-order chi connectivity index (χ1) is 12.5. The zero-order valence-corrected chi connectivity index (χ0v) is 17.6. The number of aliphatic hydroxyl groups excluding tert-OH is 1. The van der Waals surface area contributed by atoms with Gasteiger partial charge in [0.1, 0.15) is 6.10 Å². The normalized spacial score (nSPS) is 43.8. The number of hydrogen-bond donors (Lipinski definition) is 1. The smallest absolute Gasteiger partial charge is 0.188 e. The van der Waals surface area contributed by atoms with Gasteiger partial charge in [-0.05, 0) is 62.0 Å². The monoisotopic (exact) mass is 374 g/mol. The highest BCUT2D eigenvalue weighted by Gasteiger charge is 2.57. The molecule has 1 heterocycles. The number of allylic oxidation sites excluding steroid dienone is 2. The van der Waals surface area contributed by atoms with Crippen molar-refractivity contribution in [2.45, 2.75) is 85.2 Å². The van der Waals surface area contributed by atoms with Crippen LogP contribution in [0.5, 0.6) is 0 Å². The molecule has 1 saturated carbocycles. The van der Waals surface area contributed by atoms with E-state index in [9.17, 15) is 9.90 Å². The van der Waals surface area contributed by atoms with Gasteiger partial charge in [0, 0.05) is 16.9 Å². The molecule has 0 aromatic carbocycles. The lowest BCUT2D eigenvalue weighted by Gasteiger charge is -2.46. The second kappa shape index (κ2) is 6.01. The van der Waals surface area contributed by atoms with Gasteiger partial charge in [0.05, 0.1) is 12.7 Å². The number of Topliss-reactive ketones (excluding diaryl/α,β-unsaturated/α-hetero) is 1. The molecule has 1 N–H and O–H groups in total. The quantitative estimate of drug-likeness (QED) is 0.748. The van der Waals surface area contributed by atoms with Gasteiger partial charge >= 0.3 is 0 Å².